The second-order valence-corrected chi connectivity index (χ2v) is 7.75. The van der Waals surface area contributed by atoms with Crippen molar-refractivity contribution in [3.05, 3.63) is 48.0 Å². The maximum atomic E-state index is 13.4. The highest BCUT2D eigenvalue weighted by Gasteiger charge is 2.55. The molecule has 2 atom stereocenters. The van der Waals surface area contributed by atoms with Gasteiger partial charge in [0, 0.05) is 23.4 Å². The lowest BCUT2D eigenvalue weighted by molar-refractivity contribution is -0.151. The summed E-state index contributed by atoms with van der Waals surface area (Å²) in [5.74, 6) is 0.308. The van der Waals surface area contributed by atoms with Crippen LogP contribution in [0.3, 0.4) is 0 Å². The first kappa shape index (κ1) is 23.2. The number of nitrogens with one attached hydrogen (secondary N) is 2. The predicted octanol–water partition coefficient (Wildman–Crippen LogP) is 3.71. The summed E-state index contributed by atoms with van der Waals surface area (Å²) in [6.45, 7) is 6.53. The van der Waals surface area contributed by atoms with Crippen LogP contribution in [0.25, 0.3) is 0 Å². The van der Waals surface area contributed by atoms with Crippen LogP contribution < -0.4 is 20.1 Å². The Balaban J connectivity index is 2.17. The highest BCUT2D eigenvalue weighted by Crippen LogP contribution is 2.46. The number of benzene rings is 2. The minimum atomic E-state index is -1.38. The summed E-state index contributed by atoms with van der Waals surface area (Å²) in [6.07, 6.45) is 0.0507. The number of anilines is 2. The molecular weight excluding hydrogens is 412 g/mol. The number of fused-ring (bicyclic) bond motifs is 1. The molecule has 32 heavy (non-hydrogen) atoms. The molecule has 0 aromatic heterocycles. The van der Waals surface area contributed by atoms with Crippen molar-refractivity contribution in [1.82, 2.24) is 0 Å². The van der Waals surface area contributed by atoms with E-state index in [2.05, 4.69) is 10.6 Å². The summed E-state index contributed by atoms with van der Waals surface area (Å²) in [5.41, 5.74) is -0.664. The zero-order valence-corrected chi connectivity index (χ0v) is 19.1. The van der Waals surface area contributed by atoms with Crippen molar-refractivity contribution >= 4 is 23.3 Å². The first-order valence-electron chi connectivity index (χ1n) is 10.5. The van der Waals surface area contributed by atoms with Crippen molar-refractivity contribution in [2.24, 2.45) is 0 Å². The molecule has 0 spiro atoms. The van der Waals surface area contributed by atoms with Crippen LogP contribution in [0.5, 0.6) is 11.5 Å². The van der Waals surface area contributed by atoms with Crippen LogP contribution in [-0.2, 0) is 24.6 Å². The lowest BCUT2D eigenvalue weighted by Gasteiger charge is -2.45. The zero-order valence-electron chi connectivity index (χ0n) is 19.1. The molecule has 2 aromatic carbocycles. The molecule has 8 heteroatoms. The first-order valence-corrected chi connectivity index (χ1v) is 10.5. The van der Waals surface area contributed by atoms with Crippen LogP contribution in [0.2, 0.25) is 0 Å². The lowest BCUT2D eigenvalue weighted by atomic mass is 9.73. The number of ether oxygens (including phenoxy) is 4. The minimum absolute atomic E-state index is 0.0507. The monoisotopic (exact) mass is 442 g/mol. The second kappa shape index (κ2) is 9.38. The molecule has 2 aromatic rings. The Hall–Kier alpha value is -3.42. The maximum absolute atomic E-state index is 13.4. The summed E-state index contributed by atoms with van der Waals surface area (Å²) >= 11 is 0. The van der Waals surface area contributed by atoms with E-state index in [0.717, 1.165) is 0 Å². The van der Waals surface area contributed by atoms with E-state index in [1.54, 1.807) is 25.1 Å². The van der Waals surface area contributed by atoms with Gasteiger partial charge in [-0.05, 0) is 63.2 Å². The second-order valence-electron chi connectivity index (χ2n) is 7.75. The molecule has 1 heterocycles. The molecule has 1 aliphatic heterocycles. The van der Waals surface area contributed by atoms with Crippen molar-refractivity contribution in [2.45, 2.75) is 38.3 Å². The Morgan fingerprint density at radius 1 is 0.938 bits per heavy atom. The average molecular weight is 443 g/mol. The molecular formula is C24H30N2O6. The van der Waals surface area contributed by atoms with Gasteiger partial charge in [-0.3, -0.25) is 0 Å². The highest BCUT2D eigenvalue weighted by molar-refractivity contribution is 5.95. The Morgan fingerprint density at radius 2 is 1.53 bits per heavy atom. The fourth-order valence-electron chi connectivity index (χ4n) is 4.12. The van der Waals surface area contributed by atoms with Crippen molar-refractivity contribution in [3.63, 3.8) is 0 Å². The van der Waals surface area contributed by atoms with Gasteiger partial charge < -0.3 is 29.6 Å². The normalized spacial score (nSPS) is 21.5. The van der Waals surface area contributed by atoms with Crippen molar-refractivity contribution in [1.29, 1.82) is 0 Å². The van der Waals surface area contributed by atoms with Crippen molar-refractivity contribution < 1.29 is 28.5 Å². The van der Waals surface area contributed by atoms with Crippen LogP contribution in [0.15, 0.2) is 42.5 Å². The molecule has 8 nitrogen and oxygen atoms in total. The third-order valence-corrected chi connectivity index (χ3v) is 5.48. The maximum Gasteiger partial charge on any atom is 0.336 e. The van der Waals surface area contributed by atoms with Crippen LogP contribution in [0, 0.1) is 0 Å². The summed E-state index contributed by atoms with van der Waals surface area (Å²) in [4.78, 5) is 26.1. The van der Waals surface area contributed by atoms with Gasteiger partial charge in [0.1, 0.15) is 17.0 Å². The molecule has 0 radical (unpaired) electrons. The first-order chi connectivity index (χ1) is 15.3. The number of methoxy groups -OCH3 is 2. The van der Waals surface area contributed by atoms with Gasteiger partial charge >= 0.3 is 11.9 Å². The number of rotatable bonds is 8. The van der Waals surface area contributed by atoms with Crippen LogP contribution in [-0.4, -0.2) is 44.9 Å². The molecule has 3 rings (SSSR count). The van der Waals surface area contributed by atoms with Gasteiger partial charge in [0.05, 0.1) is 27.4 Å². The molecule has 2 N–H and O–H groups in total. The number of carbonyl (C=O) groups excluding carboxylic acids is 2. The third kappa shape index (κ3) is 4.30. The van der Waals surface area contributed by atoms with Crippen molar-refractivity contribution in [3.8, 4) is 11.5 Å². The van der Waals surface area contributed by atoms with E-state index in [0.29, 0.717) is 41.7 Å². The predicted molar refractivity (Wildman–Crippen MR) is 121 cm³/mol. The fraction of sp³-hybridized carbons (Fsp3) is 0.417. The lowest BCUT2D eigenvalue weighted by Crippen LogP contribution is -2.59. The van der Waals surface area contributed by atoms with Gasteiger partial charge in [-0.25, -0.2) is 9.59 Å². The largest absolute Gasteiger partial charge is 0.494 e. The Kier molecular flexibility index (Phi) is 6.81. The van der Waals surface area contributed by atoms with E-state index >= 15 is 0 Å². The molecule has 172 valence electrons. The summed E-state index contributed by atoms with van der Waals surface area (Å²) in [6, 6.07) is 12.6. The molecule has 0 aliphatic carbocycles. The van der Waals surface area contributed by atoms with Crippen LogP contribution in [0.1, 0.15) is 32.8 Å². The van der Waals surface area contributed by atoms with Gasteiger partial charge in [-0.2, -0.15) is 0 Å². The Bertz CT molecular complexity index is 977. The molecule has 0 bridgehead atoms. The van der Waals surface area contributed by atoms with E-state index in [1.165, 1.54) is 14.2 Å². The number of hydrogen-bond donors (Lipinski definition) is 2. The number of carbonyl (C=O) groups is 2. The minimum Gasteiger partial charge on any atom is -0.494 e. The van der Waals surface area contributed by atoms with Crippen LogP contribution >= 0.6 is 0 Å². The standard InChI is InChI=1S/C24H30N2O6/c1-6-31-17-10-8-16(9-11-17)25-24(22(28)30-5)15-23(3,21(27)29-4)26-20-13-12-18(32-7-2)14-19(20)24/h8-14,25-26H,6-7,15H2,1-5H3. The third-order valence-electron chi connectivity index (χ3n) is 5.48. The summed E-state index contributed by atoms with van der Waals surface area (Å²) in [5, 5.41) is 6.58. The van der Waals surface area contributed by atoms with E-state index in [4.69, 9.17) is 18.9 Å². The number of esters is 2. The zero-order chi connectivity index (χ0) is 23.4. The fourth-order valence-corrected chi connectivity index (χ4v) is 4.12. The average Bonchev–Trinajstić information content (AvgIpc) is 2.79. The molecule has 2 unspecified atom stereocenters. The quantitative estimate of drug-likeness (QED) is 0.598. The van der Waals surface area contributed by atoms with Gasteiger partial charge in [-0.1, -0.05) is 0 Å². The Labute approximate surface area is 188 Å². The highest BCUT2D eigenvalue weighted by atomic mass is 16.5. The van der Waals surface area contributed by atoms with Gasteiger partial charge in [0.2, 0.25) is 0 Å². The van der Waals surface area contributed by atoms with E-state index < -0.39 is 23.0 Å². The molecule has 0 saturated heterocycles. The molecule has 0 saturated carbocycles. The molecule has 0 fully saturated rings. The van der Waals surface area contributed by atoms with Crippen LogP contribution in [0.4, 0.5) is 11.4 Å². The van der Waals surface area contributed by atoms with E-state index in [9.17, 15) is 9.59 Å². The SMILES string of the molecule is CCOc1ccc(NC2(C(=O)OC)CC(C)(C(=O)OC)Nc3ccc(OCC)cc32)cc1. The topological polar surface area (TPSA) is 95.1 Å². The Morgan fingerprint density at radius 3 is 2.12 bits per heavy atom. The van der Waals surface area contributed by atoms with Gasteiger partial charge in [-0.15, -0.1) is 0 Å². The molecule has 1 aliphatic rings. The number of hydrogen-bond acceptors (Lipinski definition) is 8. The smallest absolute Gasteiger partial charge is 0.336 e. The van der Waals surface area contributed by atoms with E-state index in [-0.39, 0.29) is 6.42 Å². The summed E-state index contributed by atoms with van der Waals surface area (Å²) < 4.78 is 21.5. The van der Waals surface area contributed by atoms with Gasteiger partial charge in [0.25, 0.3) is 0 Å². The summed E-state index contributed by atoms with van der Waals surface area (Å²) in [7, 11) is 2.65. The van der Waals surface area contributed by atoms with E-state index in [1.807, 2.05) is 38.1 Å². The van der Waals surface area contributed by atoms with Crippen molar-refractivity contribution in [2.75, 3.05) is 38.1 Å². The molecule has 0 amide bonds. The van der Waals surface area contributed by atoms with Gasteiger partial charge in [0.15, 0.2) is 5.54 Å².